The number of anilines is 2. The van der Waals surface area contributed by atoms with E-state index < -0.39 is 36.5 Å². The number of carbonyl (C=O) groups is 2. The molecule has 1 saturated heterocycles. The molecule has 1 aliphatic rings. The smallest absolute Gasteiger partial charge is 0.328 e. The molecule has 0 unspecified atom stereocenters. The van der Waals surface area contributed by atoms with Gasteiger partial charge >= 0.3 is 11.9 Å². The van der Waals surface area contributed by atoms with E-state index in [0.29, 0.717) is 36.3 Å². The molecule has 19 heteroatoms. The Morgan fingerprint density at radius 1 is 1.11 bits per heavy atom. The highest BCUT2D eigenvalue weighted by Gasteiger charge is 2.47. The van der Waals surface area contributed by atoms with Crippen molar-refractivity contribution >= 4 is 47.3 Å². The monoisotopic (exact) mass is 634 g/mol. The normalized spacial score (nSPS) is 20.1. The number of hydrogen-bond donors (Lipinski definition) is 7. The topological polar surface area (TPSA) is 270 Å². The summed E-state index contributed by atoms with van der Waals surface area (Å²) in [5.41, 5.74) is 7.76. The predicted octanol–water partition coefficient (Wildman–Crippen LogP) is -0.444. The first kappa shape index (κ1) is 33.7. The summed E-state index contributed by atoms with van der Waals surface area (Å²) in [5.74, 6) is -2.05. The second-order valence-corrected chi connectivity index (χ2v) is 9.24. The first-order valence-electron chi connectivity index (χ1n) is 13.0. The van der Waals surface area contributed by atoms with Crippen LogP contribution in [-0.2, 0) is 27.3 Å². The highest BCUT2D eigenvalue weighted by Crippen LogP contribution is 2.38. The summed E-state index contributed by atoms with van der Waals surface area (Å²) in [7, 11) is 0. The van der Waals surface area contributed by atoms with Gasteiger partial charge in [0.15, 0.2) is 23.8 Å². The number of aliphatic carboxylic acids is 2. The van der Waals surface area contributed by atoms with E-state index in [0.717, 1.165) is 5.56 Å². The van der Waals surface area contributed by atoms with Gasteiger partial charge in [0.2, 0.25) is 11.8 Å². The van der Waals surface area contributed by atoms with Gasteiger partial charge in [-0.1, -0.05) is 30.3 Å². The fraction of sp³-hybridized carbons (Fsp3) is 0.360. The molecular formula is C25H31ClN10O8. The summed E-state index contributed by atoms with van der Waals surface area (Å²) in [6.07, 6.45) is -1.57. The number of nitrogen functional groups attached to an aromatic ring is 1. The Balaban J connectivity index is 0.000000521. The zero-order chi connectivity index (χ0) is 31.1. The van der Waals surface area contributed by atoms with Crippen molar-refractivity contribution in [2.45, 2.75) is 50.5 Å². The number of ether oxygens (including phenoxy) is 1. The number of hydrogen-bond acceptors (Lipinski definition) is 14. The lowest BCUT2D eigenvalue weighted by Gasteiger charge is -2.18. The number of rotatable bonds is 10. The van der Waals surface area contributed by atoms with Crippen LogP contribution in [0.3, 0.4) is 0 Å². The third-order valence-corrected chi connectivity index (χ3v) is 6.21. The van der Waals surface area contributed by atoms with Crippen LogP contribution in [0.1, 0.15) is 30.6 Å². The van der Waals surface area contributed by atoms with Gasteiger partial charge in [-0.05, 0) is 24.1 Å². The van der Waals surface area contributed by atoms with Gasteiger partial charge in [0.05, 0.1) is 25.5 Å². The maximum absolute atomic E-state index is 10.7. The lowest BCUT2D eigenvalue weighted by molar-refractivity contribution is -0.134. The van der Waals surface area contributed by atoms with Gasteiger partial charge in [-0.25, -0.2) is 14.6 Å². The highest BCUT2D eigenvalue weighted by atomic mass is 35.5. The molecule has 0 bridgehead atoms. The highest BCUT2D eigenvalue weighted by molar-refractivity contribution is 5.89. The number of carboxylic acid groups (broad SMARTS) is 2. The van der Waals surface area contributed by atoms with Crippen LogP contribution in [0.4, 0.5) is 11.8 Å². The van der Waals surface area contributed by atoms with E-state index in [1.807, 2.05) is 37.3 Å². The molecule has 1 fully saturated rings. The first-order valence-corrected chi connectivity index (χ1v) is 13.0. The predicted molar refractivity (Wildman–Crippen MR) is 154 cm³/mol. The summed E-state index contributed by atoms with van der Waals surface area (Å²) in [6, 6.07) is 9.34. The summed E-state index contributed by atoms with van der Waals surface area (Å²) < 4.78 is 7.40. The molecule has 4 heterocycles. The van der Waals surface area contributed by atoms with E-state index in [2.05, 4.69) is 35.7 Å². The Morgan fingerprint density at radius 3 is 2.39 bits per heavy atom. The molecule has 0 aliphatic carbocycles. The number of imidazole rings is 1. The van der Waals surface area contributed by atoms with Crippen LogP contribution >= 0.6 is 12.4 Å². The molecule has 0 spiro atoms. The molecule has 0 radical (unpaired) electrons. The summed E-state index contributed by atoms with van der Waals surface area (Å²) in [5, 5.41) is 61.9. The third kappa shape index (κ3) is 7.99. The number of benzene rings is 1. The zero-order valence-electron chi connectivity index (χ0n) is 23.2. The number of halogens is 1. The standard InChI is InChI=1S/C21H26N10O4.C4H4O4.ClH/c1-2-31-28-18(27-29-31)16-14(33)15(34)20(35-16)30-10-23-13-17(22)25-21(26-19(13)30)24-12(9-32)8-11-6-4-3-5-7-11;5-3(6)1-2-4(7)8;/h3-7,10,12,14-16,20,32-34H,2,8-9H2,1H3,(H3,22,24,25,26);1-2H,(H,5,6)(H,7,8);1H/b;2-1-;/t12-,14-,15+,16-,20+;;/m0../s1. The van der Waals surface area contributed by atoms with Crippen molar-refractivity contribution in [1.82, 2.24) is 39.7 Å². The lowest BCUT2D eigenvalue weighted by atomic mass is 10.1. The van der Waals surface area contributed by atoms with Crippen LogP contribution in [0, 0.1) is 0 Å². The Labute approximate surface area is 255 Å². The number of nitrogens with zero attached hydrogens (tertiary/aromatic N) is 8. The number of nitrogens with two attached hydrogens (primary N) is 1. The van der Waals surface area contributed by atoms with Crippen LogP contribution in [0.5, 0.6) is 0 Å². The largest absolute Gasteiger partial charge is 0.478 e. The molecule has 8 N–H and O–H groups in total. The summed E-state index contributed by atoms with van der Waals surface area (Å²) >= 11 is 0. The van der Waals surface area contributed by atoms with Crippen molar-refractivity contribution in [2.24, 2.45) is 0 Å². The van der Waals surface area contributed by atoms with Crippen molar-refractivity contribution in [2.75, 3.05) is 17.7 Å². The van der Waals surface area contributed by atoms with E-state index in [-0.39, 0.29) is 42.6 Å². The summed E-state index contributed by atoms with van der Waals surface area (Å²) in [6.45, 7) is 2.20. The second-order valence-electron chi connectivity index (χ2n) is 9.24. The maximum atomic E-state index is 10.7. The van der Waals surface area contributed by atoms with E-state index in [1.54, 1.807) is 0 Å². The number of nitrogens with one attached hydrogen (secondary N) is 1. The van der Waals surface area contributed by atoms with E-state index in [1.165, 1.54) is 15.7 Å². The van der Waals surface area contributed by atoms with E-state index >= 15 is 0 Å². The molecule has 44 heavy (non-hydrogen) atoms. The fourth-order valence-electron chi connectivity index (χ4n) is 4.18. The number of aryl methyl sites for hydroxylation is 1. The van der Waals surface area contributed by atoms with E-state index in [9.17, 15) is 24.9 Å². The van der Waals surface area contributed by atoms with Gasteiger partial charge in [0.25, 0.3) is 0 Å². The van der Waals surface area contributed by atoms with Gasteiger partial charge in [-0.3, -0.25) is 4.57 Å². The van der Waals surface area contributed by atoms with Gasteiger partial charge in [0.1, 0.15) is 17.7 Å². The van der Waals surface area contributed by atoms with Crippen LogP contribution in [0.2, 0.25) is 0 Å². The Kier molecular flexibility index (Phi) is 11.6. The molecule has 0 saturated carbocycles. The molecule has 1 aromatic carbocycles. The number of tetrazole rings is 1. The van der Waals surface area contributed by atoms with Crippen molar-refractivity contribution in [3.63, 3.8) is 0 Å². The van der Waals surface area contributed by atoms with Crippen molar-refractivity contribution in [3.8, 4) is 0 Å². The van der Waals surface area contributed by atoms with Gasteiger partial charge in [-0.2, -0.15) is 14.8 Å². The van der Waals surface area contributed by atoms with Crippen LogP contribution in [-0.4, -0.2) is 102 Å². The SMILES string of the molecule is CCn1nnc([C@H]2O[C@@H](n3cnc4c(N)nc(N[C@H](CO)Cc5ccccc5)nc43)[C@H](O)[C@@H]2O)n1.Cl.O=C(O)/C=C\C(=O)O. The van der Waals surface area contributed by atoms with Crippen LogP contribution in [0.15, 0.2) is 48.8 Å². The van der Waals surface area contributed by atoms with Crippen molar-refractivity contribution < 1.29 is 39.9 Å². The summed E-state index contributed by atoms with van der Waals surface area (Å²) in [4.78, 5) is 33.5. The number of aliphatic hydroxyl groups is 3. The van der Waals surface area contributed by atoms with Gasteiger partial charge in [0, 0.05) is 12.2 Å². The number of fused-ring (bicyclic) bond motifs is 1. The number of aromatic nitrogens is 8. The number of aliphatic hydroxyl groups excluding tert-OH is 3. The molecule has 5 atom stereocenters. The minimum atomic E-state index is -1.32. The second kappa shape index (κ2) is 15.1. The minimum absolute atomic E-state index is 0. The zero-order valence-corrected chi connectivity index (χ0v) is 24.0. The van der Waals surface area contributed by atoms with Gasteiger partial charge in [-0.15, -0.1) is 22.6 Å². The number of carboxylic acids is 2. The minimum Gasteiger partial charge on any atom is -0.478 e. The first-order chi connectivity index (χ1) is 20.6. The Bertz CT molecular complexity index is 1570. The molecule has 1 aliphatic heterocycles. The third-order valence-electron chi connectivity index (χ3n) is 6.21. The van der Waals surface area contributed by atoms with Crippen LogP contribution < -0.4 is 11.1 Å². The molecular weight excluding hydrogens is 604 g/mol. The molecule has 18 nitrogen and oxygen atoms in total. The average molecular weight is 635 g/mol. The lowest BCUT2D eigenvalue weighted by Crippen LogP contribution is -2.29. The van der Waals surface area contributed by atoms with E-state index in [4.69, 9.17) is 20.7 Å². The molecule has 3 aromatic heterocycles. The Hall–Kier alpha value is -4.75. The molecule has 236 valence electrons. The average Bonchev–Trinajstić information content (AvgIpc) is 3.71. The van der Waals surface area contributed by atoms with Crippen molar-refractivity contribution in [1.29, 1.82) is 0 Å². The Morgan fingerprint density at radius 2 is 1.80 bits per heavy atom. The molecule has 4 aromatic rings. The van der Waals surface area contributed by atoms with Crippen LogP contribution in [0.25, 0.3) is 11.2 Å². The van der Waals surface area contributed by atoms with Crippen molar-refractivity contribution in [3.05, 3.63) is 60.2 Å². The fourth-order valence-corrected chi connectivity index (χ4v) is 4.18. The maximum Gasteiger partial charge on any atom is 0.328 e. The quantitative estimate of drug-likeness (QED) is 0.109. The van der Waals surface area contributed by atoms with Gasteiger partial charge < -0.3 is 41.3 Å². The molecule has 5 rings (SSSR count). The molecule has 0 amide bonds.